The summed E-state index contributed by atoms with van der Waals surface area (Å²) in [5, 5.41) is 5.01. The van der Waals surface area contributed by atoms with Crippen LogP contribution < -0.4 is 31.6 Å². The number of amidine groups is 1. The number of methoxy groups -OCH3 is 2. The number of allylic oxidation sites excluding steroid dienone is 1. The van der Waals surface area contributed by atoms with Gasteiger partial charge in [-0.2, -0.15) is 16.8 Å². The number of aliphatic imine (C=N–C) groups is 2. The number of anilines is 2. The van der Waals surface area contributed by atoms with Gasteiger partial charge in [0.15, 0.2) is 5.84 Å². The molecule has 0 aliphatic carbocycles. The number of nitrogens with one attached hydrogen (secondary N) is 2. The van der Waals surface area contributed by atoms with Crippen LogP contribution in [0.3, 0.4) is 0 Å². The SMILES string of the molecule is COc1ccc(C2=N/C(=N\c3c(-c4cccc(NC(=O)[C@@H](N)CS(=O)(=O)O)c4)cc(-c4ccc(OC)cc4)n3B(F)F)C(c3cccc(NC(=O)[C@@H](N)CS(=O)(=O)O)c3)=C2)cc1. The van der Waals surface area contributed by atoms with E-state index in [4.69, 9.17) is 30.9 Å². The third-order valence-corrected chi connectivity index (χ3v) is 10.8. The van der Waals surface area contributed by atoms with Crippen LogP contribution in [0, 0.1) is 0 Å². The molecule has 0 fully saturated rings. The van der Waals surface area contributed by atoms with Crippen LogP contribution in [0.2, 0.25) is 0 Å². The Kier molecular flexibility index (Phi) is 13.5. The summed E-state index contributed by atoms with van der Waals surface area (Å²) in [5.41, 5.74) is 14.3. The Bertz CT molecular complexity index is 2840. The number of amides is 2. The van der Waals surface area contributed by atoms with E-state index in [1.54, 1.807) is 72.8 Å². The zero-order valence-electron chi connectivity index (χ0n) is 32.8. The molecule has 2 amide bonds. The van der Waals surface area contributed by atoms with Crippen LogP contribution in [0.15, 0.2) is 119 Å². The van der Waals surface area contributed by atoms with E-state index in [1.165, 1.54) is 50.6 Å². The van der Waals surface area contributed by atoms with E-state index in [9.17, 15) is 35.5 Å². The molecule has 4 aromatic carbocycles. The van der Waals surface area contributed by atoms with Gasteiger partial charge >= 0.3 is 7.40 Å². The first-order valence-corrected chi connectivity index (χ1v) is 21.5. The number of carbonyl (C=O) groups is 2. The molecule has 0 saturated heterocycles. The second kappa shape index (κ2) is 18.6. The van der Waals surface area contributed by atoms with Gasteiger partial charge in [-0.15, -0.1) is 0 Å². The van der Waals surface area contributed by atoms with Crippen molar-refractivity contribution in [3.05, 3.63) is 120 Å². The molecule has 322 valence electrons. The lowest BCUT2D eigenvalue weighted by Gasteiger charge is -2.13. The van der Waals surface area contributed by atoms with E-state index in [0.29, 0.717) is 44.0 Å². The van der Waals surface area contributed by atoms with Gasteiger partial charge in [0, 0.05) is 33.8 Å². The second-order valence-electron chi connectivity index (χ2n) is 13.7. The average molecular weight is 890 g/mol. The van der Waals surface area contributed by atoms with Crippen LogP contribution in [-0.4, -0.2) is 99.0 Å². The summed E-state index contributed by atoms with van der Waals surface area (Å²) in [4.78, 5) is 35.2. The van der Waals surface area contributed by atoms with Crippen LogP contribution in [0.4, 0.5) is 25.8 Å². The van der Waals surface area contributed by atoms with Crippen molar-refractivity contribution in [2.75, 3.05) is 36.4 Å². The van der Waals surface area contributed by atoms with E-state index >= 15 is 8.63 Å². The highest BCUT2D eigenvalue weighted by molar-refractivity contribution is 7.86. The second-order valence-corrected chi connectivity index (χ2v) is 16.7. The van der Waals surface area contributed by atoms with Gasteiger partial charge in [-0.1, -0.05) is 24.3 Å². The third kappa shape index (κ3) is 11.0. The maximum atomic E-state index is 15.5. The zero-order valence-corrected chi connectivity index (χ0v) is 34.4. The number of hydrogen-bond acceptors (Lipinski definition) is 11. The molecule has 62 heavy (non-hydrogen) atoms. The number of benzene rings is 4. The van der Waals surface area contributed by atoms with Gasteiger partial charge in [-0.3, -0.25) is 27.3 Å². The first kappa shape index (κ1) is 45.0. The predicted molar refractivity (Wildman–Crippen MR) is 232 cm³/mol. The van der Waals surface area contributed by atoms with Crippen molar-refractivity contribution in [3.8, 4) is 33.9 Å². The number of halogens is 2. The first-order valence-electron chi connectivity index (χ1n) is 18.3. The molecule has 0 spiro atoms. The normalized spacial score (nSPS) is 14.4. The molecule has 5 aromatic rings. The highest BCUT2D eigenvalue weighted by Crippen LogP contribution is 2.41. The Labute approximate surface area is 354 Å². The molecule has 1 aromatic heterocycles. The van der Waals surface area contributed by atoms with E-state index in [2.05, 4.69) is 10.6 Å². The van der Waals surface area contributed by atoms with Crippen molar-refractivity contribution >= 4 is 73.8 Å². The smallest absolute Gasteiger partial charge is 0.497 e. The Balaban J connectivity index is 1.52. The van der Waals surface area contributed by atoms with Gasteiger partial charge in [-0.25, -0.2) is 9.98 Å². The van der Waals surface area contributed by atoms with Gasteiger partial charge in [0.05, 0.1) is 31.4 Å². The van der Waals surface area contributed by atoms with Crippen LogP contribution in [0.5, 0.6) is 11.5 Å². The molecule has 0 radical (unpaired) electrons. The molecule has 2 atom stereocenters. The van der Waals surface area contributed by atoms with E-state index < -0.39 is 63.0 Å². The molecule has 1 aliphatic rings. The van der Waals surface area contributed by atoms with Crippen LogP contribution in [-0.2, 0) is 29.8 Å². The lowest BCUT2D eigenvalue weighted by atomic mass is 10.0. The maximum Gasteiger partial charge on any atom is 0.679 e. The van der Waals surface area contributed by atoms with Gasteiger partial charge in [0.1, 0.15) is 29.4 Å². The Morgan fingerprint density at radius 3 is 1.71 bits per heavy atom. The molecule has 0 bridgehead atoms. The molecule has 6 rings (SSSR count). The summed E-state index contributed by atoms with van der Waals surface area (Å²) >= 11 is 0. The number of carbonyl (C=O) groups excluding carboxylic acids is 2. The van der Waals surface area contributed by atoms with Gasteiger partial charge in [-0.05, 0) is 102 Å². The molecule has 1 aliphatic heterocycles. The largest absolute Gasteiger partial charge is 0.679 e. The highest BCUT2D eigenvalue weighted by Gasteiger charge is 2.31. The molecule has 0 unspecified atom stereocenters. The molecule has 17 nitrogen and oxygen atoms in total. The van der Waals surface area contributed by atoms with Crippen molar-refractivity contribution < 1.29 is 53.6 Å². The first-order chi connectivity index (χ1) is 29.3. The van der Waals surface area contributed by atoms with E-state index in [-0.39, 0.29) is 39.8 Å². The van der Waals surface area contributed by atoms with Gasteiger partial charge in [0.25, 0.3) is 20.2 Å². The summed E-state index contributed by atoms with van der Waals surface area (Å²) in [7, 11) is -9.38. The zero-order chi connectivity index (χ0) is 44.9. The summed E-state index contributed by atoms with van der Waals surface area (Å²) in [6, 6.07) is 23.7. The van der Waals surface area contributed by atoms with Crippen molar-refractivity contribution in [3.63, 3.8) is 0 Å². The molecule has 22 heteroatoms. The standard InChI is InChI=1S/C40H38BF2N7O10S2/c1-59-29-13-9-23(10-14-29)35-19-31(25-5-3-7-27(17-25)46-39(51)33(44)21-61(53,54)55)37(48-35)49-38-32(20-36(50(38)41(42)43)24-11-15-30(60-2)16-12-24)26-6-4-8-28(18-26)47-40(52)34(45)22-62(56,57)58/h3-20,33-34H,21-22,44-45H2,1-2H3,(H,46,51)(H,47,52)(H,53,54,55)(H,56,57,58)/b49-37-/t33-,34-/m0/s1. The van der Waals surface area contributed by atoms with Crippen molar-refractivity contribution in [2.24, 2.45) is 21.5 Å². The number of rotatable bonds is 16. The quantitative estimate of drug-likeness (QED) is 0.0589. The fraction of sp³-hybridized carbons (Fsp3) is 0.150. The molecular formula is C40H38BF2N7O10S2. The maximum absolute atomic E-state index is 15.5. The molecule has 8 N–H and O–H groups in total. The predicted octanol–water partition coefficient (Wildman–Crippen LogP) is 4.54. The third-order valence-electron chi connectivity index (χ3n) is 9.27. The number of ether oxygens (including phenoxy) is 2. The van der Waals surface area contributed by atoms with Crippen LogP contribution in [0.25, 0.3) is 28.0 Å². The molecular weight excluding hydrogens is 851 g/mol. The van der Waals surface area contributed by atoms with Crippen LogP contribution >= 0.6 is 0 Å². The Morgan fingerprint density at radius 1 is 0.742 bits per heavy atom. The number of aromatic nitrogens is 1. The number of nitrogens with two attached hydrogens (primary N) is 2. The molecule has 2 heterocycles. The minimum Gasteiger partial charge on any atom is -0.497 e. The van der Waals surface area contributed by atoms with E-state index in [1.807, 2.05) is 0 Å². The fourth-order valence-electron chi connectivity index (χ4n) is 6.34. The number of nitrogens with zero attached hydrogens (tertiary/aromatic N) is 3. The molecule has 0 saturated carbocycles. The van der Waals surface area contributed by atoms with E-state index in [0.717, 1.165) is 0 Å². The average Bonchev–Trinajstić information content (AvgIpc) is 3.82. The monoisotopic (exact) mass is 889 g/mol. The summed E-state index contributed by atoms with van der Waals surface area (Å²) < 4.78 is 106. The van der Waals surface area contributed by atoms with Gasteiger partial charge < -0.3 is 36.1 Å². The minimum absolute atomic E-state index is 0.0365. The summed E-state index contributed by atoms with van der Waals surface area (Å²) in [6.45, 7) is 0. The lowest BCUT2D eigenvalue weighted by molar-refractivity contribution is -0.117. The van der Waals surface area contributed by atoms with Crippen LogP contribution in [0.1, 0.15) is 11.1 Å². The minimum atomic E-state index is -4.59. The Morgan fingerprint density at radius 2 is 1.23 bits per heavy atom. The number of hydrogen-bond donors (Lipinski definition) is 6. The van der Waals surface area contributed by atoms with Crippen molar-refractivity contribution in [1.29, 1.82) is 0 Å². The summed E-state index contributed by atoms with van der Waals surface area (Å²) in [5.74, 6) is -3.19. The van der Waals surface area contributed by atoms with Crippen molar-refractivity contribution in [2.45, 2.75) is 12.1 Å². The lowest BCUT2D eigenvalue weighted by Crippen LogP contribution is -2.41. The van der Waals surface area contributed by atoms with Gasteiger partial charge in [0.2, 0.25) is 11.8 Å². The van der Waals surface area contributed by atoms with Crippen molar-refractivity contribution in [1.82, 2.24) is 4.48 Å². The summed E-state index contributed by atoms with van der Waals surface area (Å²) in [6.07, 6.45) is 1.66. The topological polar surface area (TPSA) is 267 Å². The Hall–Kier alpha value is -6.56. The highest BCUT2D eigenvalue weighted by atomic mass is 32.2. The fourth-order valence-corrected chi connectivity index (χ4v) is 7.55.